The average molecular weight is 235 g/mol. The van der Waals surface area contributed by atoms with Crippen molar-refractivity contribution in [2.75, 3.05) is 6.54 Å². The van der Waals surface area contributed by atoms with E-state index in [0.29, 0.717) is 5.56 Å². The Morgan fingerprint density at radius 2 is 2.12 bits per heavy atom. The van der Waals surface area contributed by atoms with Crippen LogP contribution in [0.4, 0.5) is 0 Å². The van der Waals surface area contributed by atoms with Crippen LogP contribution in [0.3, 0.4) is 0 Å². The number of rotatable bonds is 3. The average Bonchev–Trinajstić information content (AvgIpc) is 2.29. The standard InChI is InChI=1S/C13H17NO3/c15-11-6-2-1-5-10(11)13(9-12(16)17)7-3-4-8-14-13/h1-2,5-6,14-15H,3-4,7-9H2,(H,16,17). The first kappa shape index (κ1) is 11.9. The summed E-state index contributed by atoms with van der Waals surface area (Å²) in [7, 11) is 0. The number of phenols is 1. The van der Waals surface area contributed by atoms with Gasteiger partial charge in [-0.25, -0.2) is 0 Å². The van der Waals surface area contributed by atoms with Crippen LogP contribution in [0.1, 0.15) is 31.2 Å². The van der Waals surface area contributed by atoms with Crippen LogP contribution in [-0.4, -0.2) is 22.7 Å². The molecule has 0 bridgehead atoms. The van der Waals surface area contributed by atoms with Gasteiger partial charge in [0.05, 0.1) is 12.0 Å². The Hall–Kier alpha value is -1.55. The molecular weight excluding hydrogens is 218 g/mol. The minimum absolute atomic E-state index is 0.00454. The molecule has 1 fully saturated rings. The highest BCUT2D eigenvalue weighted by atomic mass is 16.4. The van der Waals surface area contributed by atoms with E-state index in [1.54, 1.807) is 18.2 Å². The third-order valence-corrected chi connectivity index (χ3v) is 3.37. The monoisotopic (exact) mass is 235 g/mol. The Kier molecular flexibility index (Phi) is 3.33. The molecule has 1 atom stereocenters. The van der Waals surface area contributed by atoms with Crippen molar-refractivity contribution in [3.05, 3.63) is 29.8 Å². The minimum atomic E-state index is -0.845. The van der Waals surface area contributed by atoms with Crippen molar-refractivity contribution in [1.82, 2.24) is 5.32 Å². The third kappa shape index (κ3) is 2.42. The highest BCUT2D eigenvalue weighted by Crippen LogP contribution is 2.38. The van der Waals surface area contributed by atoms with E-state index < -0.39 is 11.5 Å². The molecule has 0 aromatic heterocycles. The number of piperidine rings is 1. The number of para-hydroxylation sites is 1. The lowest BCUT2D eigenvalue weighted by Gasteiger charge is -2.38. The first-order valence-electron chi connectivity index (χ1n) is 5.89. The molecule has 17 heavy (non-hydrogen) atoms. The van der Waals surface area contributed by atoms with Gasteiger partial charge in [-0.3, -0.25) is 4.79 Å². The maximum atomic E-state index is 11.0. The summed E-state index contributed by atoms with van der Waals surface area (Å²) in [6.07, 6.45) is 2.78. The summed E-state index contributed by atoms with van der Waals surface area (Å²) in [5.74, 6) is -0.675. The van der Waals surface area contributed by atoms with Gasteiger partial charge >= 0.3 is 5.97 Å². The Morgan fingerprint density at radius 1 is 1.35 bits per heavy atom. The molecule has 0 aliphatic carbocycles. The minimum Gasteiger partial charge on any atom is -0.508 e. The molecule has 0 saturated carbocycles. The van der Waals surface area contributed by atoms with E-state index in [9.17, 15) is 9.90 Å². The molecule has 92 valence electrons. The van der Waals surface area contributed by atoms with E-state index in [-0.39, 0.29) is 12.2 Å². The summed E-state index contributed by atoms with van der Waals surface area (Å²) in [6, 6.07) is 6.98. The molecule has 1 aromatic rings. The quantitative estimate of drug-likeness (QED) is 0.747. The van der Waals surface area contributed by atoms with Gasteiger partial charge in [-0.2, -0.15) is 0 Å². The number of hydrogen-bond donors (Lipinski definition) is 3. The van der Waals surface area contributed by atoms with Crippen molar-refractivity contribution in [3.8, 4) is 5.75 Å². The number of benzene rings is 1. The summed E-state index contributed by atoms with van der Waals surface area (Å²) in [6.45, 7) is 0.793. The topological polar surface area (TPSA) is 69.6 Å². The zero-order valence-electron chi connectivity index (χ0n) is 9.65. The maximum Gasteiger partial charge on any atom is 0.305 e. The van der Waals surface area contributed by atoms with E-state index in [2.05, 4.69) is 5.32 Å². The van der Waals surface area contributed by atoms with Crippen LogP contribution >= 0.6 is 0 Å². The largest absolute Gasteiger partial charge is 0.508 e. The van der Waals surface area contributed by atoms with Gasteiger partial charge in [-0.05, 0) is 31.9 Å². The van der Waals surface area contributed by atoms with Crippen LogP contribution in [0.25, 0.3) is 0 Å². The number of carboxylic acids is 1. The van der Waals surface area contributed by atoms with Gasteiger partial charge in [-0.15, -0.1) is 0 Å². The Morgan fingerprint density at radius 3 is 2.71 bits per heavy atom. The van der Waals surface area contributed by atoms with Crippen molar-refractivity contribution in [1.29, 1.82) is 0 Å². The molecule has 2 rings (SSSR count). The SMILES string of the molecule is O=C(O)CC1(c2ccccc2O)CCCCN1. The third-order valence-electron chi connectivity index (χ3n) is 3.37. The summed E-state index contributed by atoms with van der Waals surface area (Å²) in [4.78, 5) is 11.0. The second-order valence-electron chi connectivity index (χ2n) is 4.55. The van der Waals surface area contributed by atoms with Gasteiger partial charge in [0, 0.05) is 5.56 Å². The molecular formula is C13H17NO3. The molecule has 1 aliphatic heterocycles. The van der Waals surface area contributed by atoms with E-state index in [1.807, 2.05) is 6.07 Å². The summed E-state index contributed by atoms with van der Waals surface area (Å²) >= 11 is 0. The highest BCUT2D eigenvalue weighted by molar-refractivity contribution is 5.69. The number of carboxylic acid groups (broad SMARTS) is 1. The lowest BCUT2D eigenvalue weighted by atomic mass is 9.79. The number of hydrogen-bond acceptors (Lipinski definition) is 3. The molecule has 1 unspecified atom stereocenters. The van der Waals surface area contributed by atoms with E-state index in [1.165, 1.54) is 0 Å². The molecule has 1 saturated heterocycles. The van der Waals surface area contributed by atoms with Gasteiger partial charge in [0.25, 0.3) is 0 Å². The molecule has 4 nitrogen and oxygen atoms in total. The second-order valence-corrected chi connectivity index (χ2v) is 4.55. The van der Waals surface area contributed by atoms with Crippen molar-refractivity contribution < 1.29 is 15.0 Å². The first-order valence-corrected chi connectivity index (χ1v) is 5.89. The number of nitrogens with one attached hydrogen (secondary N) is 1. The lowest BCUT2D eigenvalue weighted by Crippen LogP contribution is -2.47. The van der Waals surface area contributed by atoms with Crippen LogP contribution in [0.15, 0.2) is 24.3 Å². The van der Waals surface area contributed by atoms with Crippen LogP contribution in [0.5, 0.6) is 5.75 Å². The maximum absolute atomic E-state index is 11.0. The smallest absolute Gasteiger partial charge is 0.305 e. The number of carbonyl (C=O) groups is 1. The van der Waals surface area contributed by atoms with E-state index >= 15 is 0 Å². The predicted octanol–water partition coefficient (Wildman–Crippen LogP) is 1.84. The lowest BCUT2D eigenvalue weighted by molar-refractivity contribution is -0.139. The van der Waals surface area contributed by atoms with Crippen LogP contribution in [0.2, 0.25) is 0 Å². The molecule has 0 radical (unpaired) electrons. The van der Waals surface area contributed by atoms with Gasteiger partial charge in [0.2, 0.25) is 0 Å². The fourth-order valence-corrected chi connectivity index (χ4v) is 2.58. The van der Waals surface area contributed by atoms with Crippen LogP contribution in [0, 0.1) is 0 Å². The Labute approximate surface area is 100 Å². The Bertz CT molecular complexity index is 411. The number of phenolic OH excluding ortho intramolecular Hbond substituents is 1. The van der Waals surface area contributed by atoms with Gasteiger partial charge in [-0.1, -0.05) is 18.2 Å². The highest BCUT2D eigenvalue weighted by Gasteiger charge is 2.37. The fourth-order valence-electron chi connectivity index (χ4n) is 2.58. The van der Waals surface area contributed by atoms with Gasteiger partial charge in [0.1, 0.15) is 5.75 Å². The molecule has 3 N–H and O–H groups in total. The second kappa shape index (κ2) is 4.75. The molecule has 1 aromatic carbocycles. The fraction of sp³-hybridized carbons (Fsp3) is 0.462. The number of aliphatic carboxylic acids is 1. The van der Waals surface area contributed by atoms with Crippen molar-refractivity contribution in [3.63, 3.8) is 0 Å². The van der Waals surface area contributed by atoms with E-state index in [0.717, 1.165) is 25.8 Å². The first-order chi connectivity index (χ1) is 8.14. The molecule has 1 heterocycles. The van der Waals surface area contributed by atoms with Crippen LogP contribution < -0.4 is 5.32 Å². The zero-order chi connectivity index (χ0) is 12.3. The molecule has 0 spiro atoms. The summed E-state index contributed by atoms with van der Waals surface area (Å²) in [5.41, 5.74) is 0.0807. The molecule has 0 amide bonds. The van der Waals surface area contributed by atoms with Gasteiger partial charge < -0.3 is 15.5 Å². The summed E-state index contributed by atoms with van der Waals surface area (Å²) in [5, 5.41) is 22.2. The normalized spacial score (nSPS) is 24.5. The molecule has 4 heteroatoms. The van der Waals surface area contributed by atoms with E-state index in [4.69, 9.17) is 5.11 Å². The molecule has 1 aliphatic rings. The summed E-state index contributed by atoms with van der Waals surface area (Å²) < 4.78 is 0. The van der Waals surface area contributed by atoms with Crippen molar-refractivity contribution in [2.45, 2.75) is 31.2 Å². The Balaban J connectivity index is 2.39. The van der Waals surface area contributed by atoms with Crippen LogP contribution in [-0.2, 0) is 10.3 Å². The van der Waals surface area contributed by atoms with Gasteiger partial charge in [0.15, 0.2) is 0 Å². The number of aromatic hydroxyl groups is 1. The van der Waals surface area contributed by atoms with Crippen molar-refractivity contribution in [2.24, 2.45) is 0 Å². The van der Waals surface area contributed by atoms with Crippen molar-refractivity contribution >= 4 is 5.97 Å². The zero-order valence-corrected chi connectivity index (χ0v) is 9.65. The predicted molar refractivity (Wildman–Crippen MR) is 63.9 cm³/mol.